The number of nitrogens with one attached hydrogen (secondary N) is 2. The molecule has 1 aromatic heterocycles. The summed E-state index contributed by atoms with van der Waals surface area (Å²) in [4.78, 5) is 14.2. The average molecular weight is 367 g/mol. The number of carbonyl (C=O) groups excluding carboxylic acids is 1. The van der Waals surface area contributed by atoms with Gasteiger partial charge in [-0.15, -0.1) is 10.2 Å². The minimum Gasteiger partial charge on any atom is -0.345 e. The molecule has 134 valence electrons. The number of amides is 2. The van der Waals surface area contributed by atoms with Crippen LogP contribution in [0.3, 0.4) is 0 Å². The largest absolute Gasteiger partial charge is 0.345 e. The Morgan fingerprint density at radius 2 is 1.73 bits per heavy atom. The molecule has 6 nitrogen and oxygen atoms in total. The topological polar surface area (TPSA) is 70.1 Å². The lowest BCUT2D eigenvalue weighted by atomic mass is 10.1. The van der Waals surface area contributed by atoms with E-state index in [0.29, 0.717) is 5.13 Å². The van der Waals surface area contributed by atoms with Gasteiger partial charge in [-0.1, -0.05) is 47.7 Å². The Balaban J connectivity index is 1.59. The fourth-order valence-electron chi connectivity index (χ4n) is 2.65. The number of benzene rings is 2. The summed E-state index contributed by atoms with van der Waals surface area (Å²) in [5.74, 6) is 0. The van der Waals surface area contributed by atoms with Crippen LogP contribution in [0.25, 0.3) is 0 Å². The minimum absolute atomic E-state index is 0.330. The van der Waals surface area contributed by atoms with E-state index in [9.17, 15) is 4.79 Å². The molecule has 0 bridgehead atoms. The predicted molar refractivity (Wildman–Crippen MR) is 107 cm³/mol. The van der Waals surface area contributed by atoms with Crippen molar-refractivity contribution in [1.29, 1.82) is 0 Å². The summed E-state index contributed by atoms with van der Waals surface area (Å²) in [7, 11) is 1.95. The summed E-state index contributed by atoms with van der Waals surface area (Å²) in [6.45, 7) is 4.72. The van der Waals surface area contributed by atoms with Crippen molar-refractivity contribution in [3.63, 3.8) is 0 Å². The fourth-order valence-corrected chi connectivity index (χ4v) is 3.35. The molecule has 0 radical (unpaired) electrons. The Hall–Kier alpha value is -2.93. The number of aryl methyl sites for hydroxylation is 2. The van der Waals surface area contributed by atoms with Gasteiger partial charge in [-0.05, 0) is 42.7 Å². The van der Waals surface area contributed by atoms with Gasteiger partial charge in [0.05, 0.1) is 0 Å². The van der Waals surface area contributed by atoms with Gasteiger partial charge in [0, 0.05) is 19.3 Å². The predicted octanol–water partition coefficient (Wildman–Crippen LogP) is 4.44. The van der Waals surface area contributed by atoms with Crippen LogP contribution in [0.5, 0.6) is 0 Å². The van der Waals surface area contributed by atoms with Gasteiger partial charge in [-0.3, -0.25) is 5.32 Å². The molecule has 2 N–H and O–H groups in total. The molecule has 0 unspecified atom stereocenters. The van der Waals surface area contributed by atoms with Crippen molar-refractivity contribution in [3.8, 4) is 0 Å². The number of anilines is 3. The lowest BCUT2D eigenvalue weighted by Crippen LogP contribution is -2.19. The van der Waals surface area contributed by atoms with Gasteiger partial charge in [0.2, 0.25) is 10.3 Å². The lowest BCUT2D eigenvalue weighted by molar-refractivity contribution is 0.262. The normalized spacial score (nSPS) is 10.4. The average Bonchev–Trinajstić information content (AvgIpc) is 3.03. The zero-order valence-electron chi connectivity index (χ0n) is 15.0. The van der Waals surface area contributed by atoms with Crippen molar-refractivity contribution in [2.75, 3.05) is 22.6 Å². The zero-order valence-corrected chi connectivity index (χ0v) is 15.8. The molecule has 0 fully saturated rings. The molecule has 26 heavy (non-hydrogen) atoms. The van der Waals surface area contributed by atoms with Crippen LogP contribution in [-0.4, -0.2) is 23.3 Å². The van der Waals surface area contributed by atoms with E-state index in [1.807, 2.05) is 56.1 Å². The SMILES string of the molecule is Cc1cc(C)cc(NC(=O)Nc2nnc(N(C)Cc3ccccc3)s2)c1. The van der Waals surface area contributed by atoms with Gasteiger partial charge in [0.15, 0.2) is 0 Å². The van der Waals surface area contributed by atoms with E-state index in [1.54, 1.807) is 0 Å². The highest BCUT2D eigenvalue weighted by Gasteiger charge is 2.12. The number of nitrogens with zero attached hydrogens (tertiary/aromatic N) is 3. The van der Waals surface area contributed by atoms with Crippen LogP contribution in [0.1, 0.15) is 16.7 Å². The third-order valence-electron chi connectivity index (χ3n) is 3.70. The Kier molecular flexibility index (Phi) is 5.48. The van der Waals surface area contributed by atoms with E-state index in [0.717, 1.165) is 28.5 Å². The first-order valence-electron chi connectivity index (χ1n) is 8.24. The van der Waals surface area contributed by atoms with E-state index in [1.165, 1.54) is 16.9 Å². The van der Waals surface area contributed by atoms with E-state index >= 15 is 0 Å². The van der Waals surface area contributed by atoms with Crippen molar-refractivity contribution in [2.24, 2.45) is 0 Å². The highest BCUT2D eigenvalue weighted by atomic mass is 32.1. The van der Waals surface area contributed by atoms with Crippen LogP contribution in [0.15, 0.2) is 48.5 Å². The summed E-state index contributed by atoms with van der Waals surface area (Å²) in [5, 5.41) is 15.0. The van der Waals surface area contributed by atoms with Crippen LogP contribution in [0, 0.1) is 13.8 Å². The molecule has 0 spiro atoms. The molecule has 0 aliphatic carbocycles. The van der Waals surface area contributed by atoms with E-state index < -0.39 is 0 Å². The van der Waals surface area contributed by atoms with Gasteiger partial charge in [0.25, 0.3) is 0 Å². The van der Waals surface area contributed by atoms with Gasteiger partial charge < -0.3 is 10.2 Å². The summed E-state index contributed by atoms with van der Waals surface area (Å²) < 4.78 is 0. The Bertz CT molecular complexity index is 874. The standard InChI is InChI=1S/C19H21N5OS/c1-13-9-14(2)11-16(10-13)20-17(25)21-18-22-23-19(26-18)24(3)12-15-7-5-4-6-8-15/h4-11H,12H2,1-3H3,(H2,20,21,22,25). The highest BCUT2D eigenvalue weighted by molar-refractivity contribution is 7.19. The second-order valence-corrected chi connectivity index (χ2v) is 7.14. The monoisotopic (exact) mass is 367 g/mol. The quantitative estimate of drug-likeness (QED) is 0.700. The molecule has 3 rings (SSSR count). The first-order chi connectivity index (χ1) is 12.5. The molecule has 0 saturated heterocycles. The highest BCUT2D eigenvalue weighted by Crippen LogP contribution is 2.24. The zero-order chi connectivity index (χ0) is 18.5. The van der Waals surface area contributed by atoms with Gasteiger partial charge >= 0.3 is 6.03 Å². The number of hydrogen-bond acceptors (Lipinski definition) is 5. The van der Waals surface area contributed by atoms with E-state index in [2.05, 4.69) is 39.0 Å². The second kappa shape index (κ2) is 7.97. The first kappa shape index (κ1) is 17.9. The summed E-state index contributed by atoms with van der Waals surface area (Å²) >= 11 is 1.34. The Morgan fingerprint density at radius 1 is 1.04 bits per heavy atom. The van der Waals surface area contributed by atoms with Crippen molar-refractivity contribution in [3.05, 3.63) is 65.2 Å². The number of urea groups is 1. The van der Waals surface area contributed by atoms with Crippen molar-refractivity contribution in [1.82, 2.24) is 10.2 Å². The third kappa shape index (κ3) is 4.80. The van der Waals surface area contributed by atoms with Gasteiger partial charge in [-0.25, -0.2) is 4.79 Å². The summed E-state index contributed by atoms with van der Waals surface area (Å²) in [6, 6.07) is 15.7. The van der Waals surface area contributed by atoms with Crippen LogP contribution >= 0.6 is 11.3 Å². The van der Waals surface area contributed by atoms with Crippen LogP contribution in [-0.2, 0) is 6.54 Å². The minimum atomic E-state index is -0.330. The van der Waals surface area contributed by atoms with Crippen LogP contribution in [0.4, 0.5) is 20.7 Å². The molecule has 0 saturated carbocycles. The number of rotatable bonds is 5. The molecule has 3 aromatic rings. The molecule has 2 aromatic carbocycles. The maximum Gasteiger partial charge on any atom is 0.325 e. The molecule has 0 aliphatic heterocycles. The number of carbonyl (C=O) groups is 1. The number of hydrogen-bond donors (Lipinski definition) is 2. The van der Waals surface area contributed by atoms with E-state index in [4.69, 9.17) is 0 Å². The van der Waals surface area contributed by atoms with Crippen molar-refractivity contribution in [2.45, 2.75) is 20.4 Å². The Labute approximate surface area is 156 Å². The molecule has 2 amide bonds. The Morgan fingerprint density at radius 3 is 2.42 bits per heavy atom. The number of aromatic nitrogens is 2. The molecule has 0 atom stereocenters. The molecule has 7 heteroatoms. The van der Waals surface area contributed by atoms with Crippen molar-refractivity contribution >= 4 is 33.3 Å². The van der Waals surface area contributed by atoms with Crippen LogP contribution < -0.4 is 15.5 Å². The molecule has 1 heterocycles. The molecular weight excluding hydrogens is 346 g/mol. The van der Waals surface area contributed by atoms with Crippen molar-refractivity contribution < 1.29 is 4.79 Å². The third-order valence-corrected chi connectivity index (χ3v) is 4.66. The summed E-state index contributed by atoms with van der Waals surface area (Å²) in [6.07, 6.45) is 0. The maximum atomic E-state index is 12.2. The van der Waals surface area contributed by atoms with Crippen LogP contribution in [0.2, 0.25) is 0 Å². The molecule has 0 aliphatic rings. The first-order valence-corrected chi connectivity index (χ1v) is 9.06. The fraction of sp³-hybridized carbons (Fsp3) is 0.211. The van der Waals surface area contributed by atoms with Gasteiger partial charge in [-0.2, -0.15) is 0 Å². The lowest BCUT2D eigenvalue weighted by Gasteiger charge is -2.14. The van der Waals surface area contributed by atoms with E-state index in [-0.39, 0.29) is 6.03 Å². The maximum absolute atomic E-state index is 12.2. The summed E-state index contributed by atoms with van der Waals surface area (Å²) in [5.41, 5.74) is 4.14. The smallest absolute Gasteiger partial charge is 0.325 e. The molecular formula is C19H21N5OS. The van der Waals surface area contributed by atoms with Gasteiger partial charge in [0.1, 0.15) is 0 Å². The second-order valence-electron chi connectivity index (χ2n) is 6.19.